The van der Waals surface area contributed by atoms with Crippen molar-refractivity contribution in [3.63, 3.8) is 0 Å². The van der Waals surface area contributed by atoms with Gasteiger partial charge in [-0.2, -0.15) is 10.5 Å². The molecule has 62 valence electrons. The first-order chi connectivity index (χ1) is 6.36. The van der Waals surface area contributed by atoms with Gasteiger partial charge in [-0.15, -0.1) is 0 Å². The van der Waals surface area contributed by atoms with Crippen LogP contribution >= 0.6 is 0 Å². The third-order valence-corrected chi connectivity index (χ3v) is 1.41. The Morgan fingerprint density at radius 1 is 1.38 bits per heavy atom. The molecule has 3 nitrogen and oxygen atoms in total. The van der Waals surface area contributed by atoms with Gasteiger partial charge in [-0.25, -0.2) is 0 Å². The molecule has 0 amide bonds. The maximum atomic E-state index is 8.49. The molecule has 0 aliphatic heterocycles. The molecule has 0 unspecified atom stereocenters. The summed E-state index contributed by atoms with van der Waals surface area (Å²) in [7, 11) is 0. The van der Waals surface area contributed by atoms with Crippen LogP contribution in [0.15, 0.2) is 24.4 Å². The number of hydrogen-bond acceptors (Lipinski definition) is 3. The van der Waals surface area contributed by atoms with E-state index in [-0.39, 0.29) is 0 Å². The highest BCUT2D eigenvalue weighted by Crippen LogP contribution is 2.01. The minimum Gasteiger partial charge on any atom is -0.256 e. The standard InChI is InChI=1S/C10H7N3/c11-6-2-1-3-10-5-4-9(7-12)8-13-10/h1,3-5,8H,2H2. The molecule has 0 radical (unpaired) electrons. The first-order valence-electron chi connectivity index (χ1n) is 3.76. The van der Waals surface area contributed by atoms with E-state index in [1.807, 2.05) is 12.1 Å². The van der Waals surface area contributed by atoms with Crippen LogP contribution in [0.25, 0.3) is 6.08 Å². The molecule has 0 spiro atoms. The van der Waals surface area contributed by atoms with E-state index in [4.69, 9.17) is 10.5 Å². The summed E-state index contributed by atoms with van der Waals surface area (Å²) in [5.74, 6) is 0. The van der Waals surface area contributed by atoms with Gasteiger partial charge >= 0.3 is 0 Å². The summed E-state index contributed by atoms with van der Waals surface area (Å²) in [6.07, 6.45) is 5.37. The number of aromatic nitrogens is 1. The van der Waals surface area contributed by atoms with Crippen molar-refractivity contribution in [2.24, 2.45) is 0 Å². The van der Waals surface area contributed by atoms with Gasteiger partial charge in [-0.3, -0.25) is 4.98 Å². The molecule has 0 aliphatic rings. The monoisotopic (exact) mass is 169 g/mol. The fourth-order valence-electron chi connectivity index (χ4n) is 0.802. The van der Waals surface area contributed by atoms with Crippen molar-refractivity contribution in [1.29, 1.82) is 10.5 Å². The smallest absolute Gasteiger partial charge is 0.101 e. The molecule has 1 aromatic rings. The maximum absolute atomic E-state index is 8.49. The van der Waals surface area contributed by atoms with Gasteiger partial charge < -0.3 is 0 Å². The van der Waals surface area contributed by atoms with Gasteiger partial charge in [0.25, 0.3) is 0 Å². The molecule has 0 atom stereocenters. The third kappa shape index (κ3) is 2.76. The summed E-state index contributed by atoms with van der Waals surface area (Å²) in [4.78, 5) is 4.00. The Morgan fingerprint density at radius 2 is 2.23 bits per heavy atom. The fourth-order valence-corrected chi connectivity index (χ4v) is 0.802. The molecular weight excluding hydrogens is 162 g/mol. The predicted molar refractivity (Wildman–Crippen MR) is 48.2 cm³/mol. The largest absolute Gasteiger partial charge is 0.256 e. The van der Waals surface area contributed by atoms with Gasteiger partial charge in [0.2, 0.25) is 0 Å². The van der Waals surface area contributed by atoms with Crippen LogP contribution in [-0.2, 0) is 0 Å². The number of pyridine rings is 1. The van der Waals surface area contributed by atoms with Crippen molar-refractivity contribution < 1.29 is 0 Å². The highest BCUT2D eigenvalue weighted by Gasteiger charge is 1.89. The average Bonchev–Trinajstić information content (AvgIpc) is 2.19. The predicted octanol–water partition coefficient (Wildman–Crippen LogP) is 1.88. The van der Waals surface area contributed by atoms with Crippen LogP contribution in [-0.4, -0.2) is 4.98 Å². The molecule has 0 saturated carbocycles. The molecule has 1 rings (SSSR count). The third-order valence-electron chi connectivity index (χ3n) is 1.41. The molecule has 1 aromatic heterocycles. The summed E-state index contributed by atoms with van der Waals surface area (Å²) in [5, 5.41) is 16.8. The molecule has 1 heterocycles. The Balaban J connectivity index is 2.72. The topological polar surface area (TPSA) is 60.5 Å². The molecule has 13 heavy (non-hydrogen) atoms. The quantitative estimate of drug-likeness (QED) is 0.679. The van der Waals surface area contributed by atoms with Gasteiger partial charge in [0.15, 0.2) is 0 Å². The minimum atomic E-state index is 0.377. The van der Waals surface area contributed by atoms with Crippen molar-refractivity contribution in [2.75, 3.05) is 0 Å². The van der Waals surface area contributed by atoms with Gasteiger partial charge in [-0.1, -0.05) is 6.08 Å². The van der Waals surface area contributed by atoms with Crippen LogP contribution < -0.4 is 0 Å². The van der Waals surface area contributed by atoms with Gasteiger partial charge in [-0.05, 0) is 18.2 Å². The Hall–Kier alpha value is -2.13. The zero-order valence-corrected chi connectivity index (χ0v) is 6.94. The van der Waals surface area contributed by atoms with E-state index in [0.717, 1.165) is 5.69 Å². The van der Waals surface area contributed by atoms with Crippen LogP contribution in [0.2, 0.25) is 0 Å². The summed E-state index contributed by atoms with van der Waals surface area (Å²) in [5.41, 5.74) is 1.30. The van der Waals surface area contributed by atoms with Crippen molar-refractivity contribution in [1.82, 2.24) is 4.98 Å². The van der Waals surface area contributed by atoms with E-state index in [1.54, 1.807) is 24.3 Å². The Kier molecular flexibility index (Phi) is 3.23. The van der Waals surface area contributed by atoms with Gasteiger partial charge in [0.05, 0.1) is 23.7 Å². The van der Waals surface area contributed by atoms with E-state index >= 15 is 0 Å². The van der Waals surface area contributed by atoms with Crippen molar-refractivity contribution in [3.05, 3.63) is 35.7 Å². The van der Waals surface area contributed by atoms with Crippen LogP contribution in [0.4, 0.5) is 0 Å². The van der Waals surface area contributed by atoms with E-state index in [9.17, 15) is 0 Å². The van der Waals surface area contributed by atoms with Crippen LogP contribution in [0.1, 0.15) is 17.7 Å². The number of nitrogens with zero attached hydrogens (tertiary/aromatic N) is 3. The van der Waals surface area contributed by atoms with E-state index in [1.165, 1.54) is 6.20 Å². The molecule has 0 aliphatic carbocycles. The Morgan fingerprint density at radius 3 is 2.77 bits per heavy atom. The lowest BCUT2D eigenvalue weighted by Gasteiger charge is -1.90. The lowest BCUT2D eigenvalue weighted by molar-refractivity contribution is 1.27. The average molecular weight is 169 g/mol. The zero-order chi connectivity index (χ0) is 9.52. The summed E-state index contributed by atoms with van der Waals surface area (Å²) >= 11 is 0. The maximum Gasteiger partial charge on any atom is 0.101 e. The number of allylic oxidation sites excluding steroid dienone is 1. The highest BCUT2D eigenvalue weighted by atomic mass is 14.7. The summed E-state index contributed by atoms with van der Waals surface area (Å²) < 4.78 is 0. The summed E-state index contributed by atoms with van der Waals surface area (Å²) in [6, 6.07) is 7.41. The van der Waals surface area contributed by atoms with Crippen LogP contribution in [0.3, 0.4) is 0 Å². The van der Waals surface area contributed by atoms with Crippen molar-refractivity contribution in [3.8, 4) is 12.1 Å². The summed E-state index contributed by atoms with van der Waals surface area (Å²) in [6.45, 7) is 0. The zero-order valence-electron chi connectivity index (χ0n) is 6.94. The molecule has 0 saturated heterocycles. The first-order valence-corrected chi connectivity index (χ1v) is 3.76. The number of rotatable bonds is 2. The lowest BCUT2D eigenvalue weighted by atomic mass is 10.2. The normalized spacial score (nSPS) is 9.38. The molecule has 0 bridgehead atoms. The van der Waals surface area contributed by atoms with Crippen molar-refractivity contribution >= 4 is 6.08 Å². The molecule has 0 aromatic carbocycles. The second kappa shape index (κ2) is 4.69. The molecule has 0 N–H and O–H groups in total. The van der Waals surface area contributed by atoms with Crippen LogP contribution in [0.5, 0.6) is 0 Å². The van der Waals surface area contributed by atoms with Crippen LogP contribution in [0, 0.1) is 22.7 Å². The SMILES string of the molecule is N#CCC=Cc1ccc(C#N)cn1. The minimum absolute atomic E-state index is 0.377. The molecule has 0 fully saturated rings. The number of hydrogen-bond donors (Lipinski definition) is 0. The van der Waals surface area contributed by atoms with Gasteiger partial charge in [0, 0.05) is 6.20 Å². The lowest BCUT2D eigenvalue weighted by Crippen LogP contribution is -1.81. The second-order valence-corrected chi connectivity index (χ2v) is 2.35. The van der Waals surface area contributed by atoms with E-state index in [0.29, 0.717) is 12.0 Å². The first kappa shape index (κ1) is 8.96. The van der Waals surface area contributed by atoms with E-state index < -0.39 is 0 Å². The van der Waals surface area contributed by atoms with Gasteiger partial charge in [0.1, 0.15) is 6.07 Å². The van der Waals surface area contributed by atoms with Crippen molar-refractivity contribution in [2.45, 2.75) is 6.42 Å². The Labute approximate surface area is 76.6 Å². The molecule has 3 heteroatoms. The van der Waals surface area contributed by atoms with E-state index in [2.05, 4.69) is 4.98 Å². The highest BCUT2D eigenvalue weighted by molar-refractivity contribution is 5.45. The molecular formula is C10H7N3. The number of nitriles is 2. The Bertz CT molecular complexity index is 376. The fraction of sp³-hybridized carbons (Fsp3) is 0.100. The second-order valence-electron chi connectivity index (χ2n) is 2.35.